The molecule has 0 heterocycles. The summed E-state index contributed by atoms with van der Waals surface area (Å²) in [6.45, 7) is 8.91. The Morgan fingerprint density at radius 3 is 1.88 bits per heavy atom. The summed E-state index contributed by atoms with van der Waals surface area (Å²) in [5.74, 6) is 0. The number of benzene rings is 1. The monoisotopic (exact) mass is 231 g/mol. The lowest BCUT2D eigenvalue weighted by Gasteiger charge is -2.55. The molecule has 1 heteroatoms. The molecule has 1 aliphatic rings. The standard InChI is InChI=1S/C16H25N/c1-5-15(6-2)10-16(17,11-15)14-8-12(3)7-13(4)9-14/h7-9H,5-6,10-11,17H2,1-4H3. The predicted octanol–water partition coefficient (Wildman–Crippen LogP) is 4.06. The Hall–Kier alpha value is -0.820. The van der Waals surface area contributed by atoms with E-state index in [1.165, 1.54) is 29.5 Å². The Labute approximate surface area is 105 Å². The fraction of sp³-hybridized carbons (Fsp3) is 0.625. The van der Waals surface area contributed by atoms with E-state index in [-0.39, 0.29) is 5.54 Å². The van der Waals surface area contributed by atoms with Crippen molar-refractivity contribution in [2.45, 2.75) is 58.9 Å². The van der Waals surface area contributed by atoms with Gasteiger partial charge in [-0.25, -0.2) is 0 Å². The largest absolute Gasteiger partial charge is 0.321 e. The minimum absolute atomic E-state index is 0.0667. The van der Waals surface area contributed by atoms with Crippen LogP contribution in [-0.4, -0.2) is 0 Å². The highest BCUT2D eigenvalue weighted by atomic mass is 14.8. The van der Waals surface area contributed by atoms with Crippen LogP contribution in [0.4, 0.5) is 0 Å². The van der Waals surface area contributed by atoms with Crippen molar-refractivity contribution < 1.29 is 0 Å². The molecule has 0 atom stereocenters. The molecule has 1 aromatic rings. The molecule has 1 fully saturated rings. The van der Waals surface area contributed by atoms with E-state index in [0.29, 0.717) is 5.41 Å². The number of nitrogens with two attached hydrogens (primary N) is 1. The third-order valence-electron chi connectivity index (χ3n) is 4.68. The van der Waals surface area contributed by atoms with Gasteiger partial charge in [-0.1, -0.05) is 56.0 Å². The van der Waals surface area contributed by atoms with Crippen molar-refractivity contribution in [3.05, 3.63) is 34.9 Å². The minimum atomic E-state index is -0.0667. The average molecular weight is 231 g/mol. The van der Waals surface area contributed by atoms with Gasteiger partial charge in [-0.2, -0.15) is 0 Å². The first-order valence-electron chi connectivity index (χ1n) is 6.81. The average Bonchev–Trinajstić information content (AvgIpc) is 2.23. The molecule has 1 saturated carbocycles. The zero-order valence-electron chi connectivity index (χ0n) is 11.6. The van der Waals surface area contributed by atoms with Gasteiger partial charge in [0.25, 0.3) is 0 Å². The van der Waals surface area contributed by atoms with Crippen LogP contribution in [0.25, 0.3) is 0 Å². The molecule has 17 heavy (non-hydrogen) atoms. The van der Waals surface area contributed by atoms with Crippen molar-refractivity contribution in [3.63, 3.8) is 0 Å². The molecule has 1 nitrogen and oxygen atoms in total. The van der Waals surface area contributed by atoms with Crippen molar-refractivity contribution in [2.75, 3.05) is 0 Å². The molecular formula is C16H25N. The zero-order chi connectivity index (χ0) is 12.7. The maximum absolute atomic E-state index is 6.59. The van der Waals surface area contributed by atoms with Gasteiger partial charge in [0.15, 0.2) is 0 Å². The van der Waals surface area contributed by atoms with Gasteiger partial charge in [0.05, 0.1) is 0 Å². The number of hydrogen-bond acceptors (Lipinski definition) is 1. The van der Waals surface area contributed by atoms with E-state index < -0.39 is 0 Å². The molecule has 0 aliphatic heterocycles. The van der Waals surface area contributed by atoms with Gasteiger partial charge < -0.3 is 5.73 Å². The lowest BCUT2D eigenvalue weighted by molar-refractivity contribution is 0.0166. The normalized spacial score (nSPS) is 21.0. The summed E-state index contributed by atoms with van der Waals surface area (Å²) in [5, 5.41) is 0. The third-order valence-corrected chi connectivity index (χ3v) is 4.68. The molecule has 0 radical (unpaired) electrons. The molecule has 0 saturated heterocycles. The SMILES string of the molecule is CCC1(CC)CC(N)(c2cc(C)cc(C)c2)C1. The van der Waals surface area contributed by atoms with Gasteiger partial charge >= 0.3 is 0 Å². The topological polar surface area (TPSA) is 26.0 Å². The quantitative estimate of drug-likeness (QED) is 0.834. The molecule has 1 aromatic carbocycles. The fourth-order valence-corrected chi connectivity index (χ4v) is 3.50. The van der Waals surface area contributed by atoms with Gasteiger partial charge in [-0.15, -0.1) is 0 Å². The van der Waals surface area contributed by atoms with Gasteiger partial charge in [0.2, 0.25) is 0 Å². The van der Waals surface area contributed by atoms with Crippen LogP contribution in [0.15, 0.2) is 18.2 Å². The van der Waals surface area contributed by atoms with Crippen LogP contribution in [0, 0.1) is 19.3 Å². The molecule has 0 unspecified atom stereocenters. The van der Waals surface area contributed by atoms with E-state index >= 15 is 0 Å². The van der Waals surface area contributed by atoms with E-state index in [2.05, 4.69) is 45.9 Å². The summed E-state index contributed by atoms with van der Waals surface area (Å²) in [7, 11) is 0. The van der Waals surface area contributed by atoms with E-state index in [9.17, 15) is 0 Å². The highest BCUT2D eigenvalue weighted by Crippen LogP contribution is 2.56. The molecule has 0 spiro atoms. The lowest BCUT2D eigenvalue weighted by Crippen LogP contribution is -2.55. The summed E-state index contributed by atoms with van der Waals surface area (Å²) in [4.78, 5) is 0. The van der Waals surface area contributed by atoms with Crippen LogP contribution in [0.2, 0.25) is 0 Å². The molecule has 94 valence electrons. The van der Waals surface area contributed by atoms with Crippen LogP contribution in [-0.2, 0) is 5.54 Å². The van der Waals surface area contributed by atoms with E-state index in [1.807, 2.05) is 0 Å². The van der Waals surface area contributed by atoms with Crippen LogP contribution in [0.5, 0.6) is 0 Å². The molecule has 1 aliphatic carbocycles. The summed E-state index contributed by atoms with van der Waals surface area (Å²) < 4.78 is 0. The lowest BCUT2D eigenvalue weighted by atomic mass is 9.53. The Bertz CT molecular complexity index is 387. The molecule has 2 N–H and O–H groups in total. The second-order valence-corrected chi connectivity index (χ2v) is 6.09. The Morgan fingerprint density at radius 2 is 1.47 bits per heavy atom. The maximum Gasteiger partial charge on any atom is 0.0420 e. The van der Waals surface area contributed by atoms with Crippen LogP contribution < -0.4 is 5.73 Å². The van der Waals surface area contributed by atoms with Gasteiger partial charge in [0, 0.05) is 5.54 Å². The highest BCUT2D eigenvalue weighted by Gasteiger charge is 2.50. The van der Waals surface area contributed by atoms with Gasteiger partial charge in [-0.3, -0.25) is 0 Å². The first-order chi connectivity index (χ1) is 7.93. The predicted molar refractivity (Wildman–Crippen MR) is 74.0 cm³/mol. The summed E-state index contributed by atoms with van der Waals surface area (Å²) in [6.07, 6.45) is 4.81. The van der Waals surface area contributed by atoms with Gasteiger partial charge in [-0.05, 0) is 37.7 Å². The second-order valence-electron chi connectivity index (χ2n) is 6.09. The van der Waals surface area contributed by atoms with E-state index in [1.54, 1.807) is 0 Å². The number of aryl methyl sites for hydroxylation is 2. The second kappa shape index (κ2) is 4.13. The third kappa shape index (κ3) is 2.13. The van der Waals surface area contributed by atoms with Crippen molar-refractivity contribution in [1.82, 2.24) is 0 Å². The fourth-order valence-electron chi connectivity index (χ4n) is 3.50. The van der Waals surface area contributed by atoms with Crippen molar-refractivity contribution in [2.24, 2.45) is 11.1 Å². The molecular weight excluding hydrogens is 206 g/mol. The maximum atomic E-state index is 6.59. The first-order valence-corrected chi connectivity index (χ1v) is 6.81. The molecule has 2 rings (SSSR count). The Morgan fingerprint density at radius 1 is 1.00 bits per heavy atom. The zero-order valence-corrected chi connectivity index (χ0v) is 11.6. The first kappa shape index (κ1) is 12.6. The summed E-state index contributed by atoms with van der Waals surface area (Å²) in [5.41, 5.74) is 11.0. The van der Waals surface area contributed by atoms with Crippen LogP contribution in [0.1, 0.15) is 56.2 Å². The Kier molecular flexibility index (Phi) is 3.07. The van der Waals surface area contributed by atoms with Crippen molar-refractivity contribution >= 4 is 0 Å². The van der Waals surface area contributed by atoms with Crippen LogP contribution in [0.3, 0.4) is 0 Å². The Balaban J connectivity index is 2.24. The van der Waals surface area contributed by atoms with Crippen molar-refractivity contribution in [1.29, 1.82) is 0 Å². The van der Waals surface area contributed by atoms with E-state index in [4.69, 9.17) is 5.73 Å². The molecule has 0 aromatic heterocycles. The smallest absolute Gasteiger partial charge is 0.0420 e. The summed E-state index contributed by atoms with van der Waals surface area (Å²) >= 11 is 0. The highest BCUT2D eigenvalue weighted by molar-refractivity contribution is 5.36. The van der Waals surface area contributed by atoms with E-state index in [0.717, 1.165) is 12.8 Å². The van der Waals surface area contributed by atoms with Crippen molar-refractivity contribution in [3.8, 4) is 0 Å². The number of hydrogen-bond donors (Lipinski definition) is 1. The van der Waals surface area contributed by atoms with Crippen LogP contribution >= 0.6 is 0 Å². The molecule has 0 bridgehead atoms. The van der Waals surface area contributed by atoms with Gasteiger partial charge in [0.1, 0.15) is 0 Å². The minimum Gasteiger partial charge on any atom is -0.321 e. The molecule has 0 amide bonds. The number of rotatable bonds is 3. The summed E-state index contributed by atoms with van der Waals surface area (Å²) in [6, 6.07) is 6.75.